The molecule has 0 spiro atoms. The molecule has 1 aromatic carbocycles. The quantitative estimate of drug-likeness (QED) is 0.855. The Morgan fingerprint density at radius 3 is 2.85 bits per heavy atom. The van der Waals surface area contributed by atoms with Gasteiger partial charge in [-0.05, 0) is 34.6 Å². The standard InChI is InChI=1S/C9H11BrFNO/c1-12-8(5-13)6-3-2-4-7(11)9(6)10/h2-4,8,12-13H,5H2,1H3/t8-/m1/s1. The van der Waals surface area contributed by atoms with Gasteiger partial charge in [-0.25, -0.2) is 4.39 Å². The number of rotatable bonds is 3. The highest BCUT2D eigenvalue weighted by atomic mass is 79.9. The molecule has 72 valence electrons. The van der Waals surface area contributed by atoms with E-state index in [0.717, 1.165) is 5.56 Å². The Bertz CT molecular complexity index is 289. The highest BCUT2D eigenvalue weighted by Crippen LogP contribution is 2.25. The van der Waals surface area contributed by atoms with E-state index < -0.39 is 0 Å². The lowest BCUT2D eigenvalue weighted by atomic mass is 10.1. The summed E-state index contributed by atoms with van der Waals surface area (Å²) in [5.74, 6) is -0.314. The second-order valence-corrected chi connectivity index (χ2v) is 3.46. The van der Waals surface area contributed by atoms with Crippen LogP contribution in [0.25, 0.3) is 0 Å². The first-order chi connectivity index (χ1) is 6.20. The number of nitrogens with one attached hydrogen (secondary N) is 1. The van der Waals surface area contributed by atoms with Gasteiger partial charge in [-0.2, -0.15) is 0 Å². The summed E-state index contributed by atoms with van der Waals surface area (Å²) < 4.78 is 13.5. The van der Waals surface area contributed by atoms with Crippen molar-refractivity contribution in [2.75, 3.05) is 13.7 Å². The molecule has 0 amide bonds. The van der Waals surface area contributed by atoms with Gasteiger partial charge in [-0.3, -0.25) is 0 Å². The molecule has 0 aliphatic carbocycles. The lowest BCUT2D eigenvalue weighted by Gasteiger charge is -2.15. The lowest BCUT2D eigenvalue weighted by Crippen LogP contribution is -2.20. The number of hydrogen-bond acceptors (Lipinski definition) is 2. The largest absolute Gasteiger partial charge is 0.394 e. The van der Waals surface area contributed by atoms with Gasteiger partial charge in [0.15, 0.2) is 0 Å². The van der Waals surface area contributed by atoms with Crippen LogP contribution in [-0.4, -0.2) is 18.8 Å². The van der Waals surface area contributed by atoms with Crippen molar-refractivity contribution >= 4 is 15.9 Å². The first-order valence-electron chi connectivity index (χ1n) is 3.92. The molecule has 0 saturated carbocycles. The van der Waals surface area contributed by atoms with Crippen LogP contribution in [0, 0.1) is 5.82 Å². The minimum absolute atomic E-state index is 0.0570. The smallest absolute Gasteiger partial charge is 0.137 e. The molecule has 13 heavy (non-hydrogen) atoms. The molecule has 2 nitrogen and oxygen atoms in total. The van der Waals surface area contributed by atoms with E-state index in [1.54, 1.807) is 19.2 Å². The molecule has 0 radical (unpaired) electrons. The van der Waals surface area contributed by atoms with Crippen LogP contribution in [0.3, 0.4) is 0 Å². The average Bonchev–Trinajstić information content (AvgIpc) is 2.14. The molecule has 1 rings (SSSR count). The lowest BCUT2D eigenvalue weighted by molar-refractivity contribution is 0.250. The minimum Gasteiger partial charge on any atom is -0.394 e. The van der Waals surface area contributed by atoms with Gasteiger partial charge >= 0.3 is 0 Å². The molecule has 0 aromatic heterocycles. The van der Waals surface area contributed by atoms with Crippen LogP contribution < -0.4 is 5.32 Å². The summed E-state index contributed by atoms with van der Waals surface area (Å²) in [5.41, 5.74) is 0.727. The number of benzene rings is 1. The molecule has 0 unspecified atom stereocenters. The van der Waals surface area contributed by atoms with Gasteiger partial charge in [0.1, 0.15) is 5.82 Å². The van der Waals surface area contributed by atoms with Crippen LogP contribution >= 0.6 is 15.9 Å². The summed E-state index contributed by atoms with van der Waals surface area (Å²) in [6, 6.07) is 4.53. The van der Waals surface area contributed by atoms with E-state index in [0.29, 0.717) is 4.47 Å². The molecule has 2 N–H and O–H groups in total. The number of halogens is 2. The molecular formula is C9H11BrFNO. The fourth-order valence-electron chi connectivity index (χ4n) is 1.13. The maximum absolute atomic E-state index is 13.1. The third kappa shape index (κ3) is 2.27. The second kappa shape index (κ2) is 4.69. The van der Waals surface area contributed by atoms with Gasteiger partial charge in [0.25, 0.3) is 0 Å². The van der Waals surface area contributed by atoms with Crippen molar-refractivity contribution in [2.24, 2.45) is 0 Å². The van der Waals surface area contributed by atoms with E-state index in [9.17, 15) is 4.39 Å². The van der Waals surface area contributed by atoms with Gasteiger partial charge in [0.05, 0.1) is 17.1 Å². The predicted octanol–water partition coefficient (Wildman–Crippen LogP) is 1.84. The Kier molecular flexibility index (Phi) is 3.84. The molecule has 0 bridgehead atoms. The summed E-state index contributed by atoms with van der Waals surface area (Å²) >= 11 is 3.14. The summed E-state index contributed by atoms with van der Waals surface area (Å²) in [4.78, 5) is 0. The average molecular weight is 248 g/mol. The normalized spacial score (nSPS) is 12.9. The maximum atomic E-state index is 13.1. The summed E-state index contributed by atoms with van der Waals surface area (Å²) in [6.07, 6.45) is 0. The van der Waals surface area contributed by atoms with Crippen molar-refractivity contribution in [3.63, 3.8) is 0 Å². The number of likely N-dealkylation sites (N-methyl/N-ethyl adjacent to an activating group) is 1. The number of hydrogen-bond donors (Lipinski definition) is 2. The van der Waals surface area contributed by atoms with Gasteiger partial charge in [-0.1, -0.05) is 12.1 Å². The summed E-state index contributed by atoms with van der Waals surface area (Å²) in [7, 11) is 1.72. The van der Waals surface area contributed by atoms with Crippen LogP contribution in [0.1, 0.15) is 11.6 Å². The molecule has 4 heteroatoms. The maximum Gasteiger partial charge on any atom is 0.137 e. The fourth-order valence-corrected chi connectivity index (χ4v) is 1.68. The van der Waals surface area contributed by atoms with Crippen molar-refractivity contribution < 1.29 is 9.50 Å². The Labute approximate surface area is 84.9 Å². The van der Waals surface area contributed by atoms with Crippen molar-refractivity contribution in [3.8, 4) is 0 Å². The van der Waals surface area contributed by atoms with E-state index in [1.165, 1.54) is 6.07 Å². The summed E-state index contributed by atoms with van der Waals surface area (Å²) in [6.45, 7) is -0.0570. The van der Waals surface area contributed by atoms with Gasteiger partial charge in [0.2, 0.25) is 0 Å². The van der Waals surface area contributed by atoms with Crippen LogP contribution in [0.5, 0.6) is 0 Å². The van der Waals surface area contributed by atoms with Crippen LogP contribution in [0.2, 0.25) is 0 Å². The van der Waals surface area contributed by atoms with Crippen molar-refractivity contribution in [3.05, 3.63) is 34.1 Å². The number of aliphatic hydroxyl groups excluding tert-OH is 1. The van der Waals surface area contributed by atoms with Crippen LogP contribution in [0.15, 0.2) is 22.7 Å². The predicted molar refractivity (Wildman–Crippen MR) is 53.0 cm³/mol. The molecule has 0 fully saturated rings. The van der Waals surface area contributed by atoms with Gasteiger partial charge in [-0.15, -0.1) is 0 Å². The zero-order valence-electron chi connectivity index (χ0n) is 7.22. The molecule has 0 aliphatic heterocycles. The van der Waals surface area contributed by atoms with E-state index in [4.69, 9.17) is 5.11 Å². The number of aliphatic hydroxyl groups is 1. The zero-order chi connectivity index (χ0) is 9.84. The molecule has 0 saturated heterocycles. The SMILES string of the molecule is CN[C@H](CO)c1cccc(F)c1Br. The topological polar surface area (TPSA) is 32.3 Å². The van der Waals surface area contributed by atoms with Crippen molar-refractivity contribution in [1.29, 1.82) is 0 Å². The first-order valence-corrected chi connectivity index (χ1v) is 4.72. The van der Waals surface area contributed by atoms with E-state index >= 15 is 0 Å². The minimum atomic E-state index is -0.314. The van der Waals surface area contributed by atoms with Gasteiger partial charge < -0.3 is 10.4 Å². The third-order valence-corrected chi connectivity index (χ3v) is 2.72. The monoisotopic (exact) mass is 247 g/mol. The van der Waals surface area contributed by atoms with Crippen LogP contribution in [0.4, 0.5) is 4.39 Å². The van der Waals surface area contributed by atoms with Crippen LogP contribution in [-0.2, 0) is 0 Å². The second-order valence-electron chi connectivity index (χ2n) is 2.67. The highest BCUT2D eigenvalue weighted by Gasteiger charge is 2.13. The molecule has 0 aliphatic rings. The zero-order valence-corrected chi connectivity index (χ0v) is 8.81. The van der Waals surface area contributed by atoms with Gasteiger partial charge in [0, 0.05) is 0 Å². The summed E-state index contributed by atoms with van der Waals surface area (Å²) in [5, 5.41) is 11.9. The Balaban J connectivity index is 3.05. The van der Waals surface area contributed by atoms with E-state index in [-0.39, 0.29) is 18.5 Å². The van der Waals surface area contributed by atoms with E-state index in [1.807, 2.05) is 0 Å². The van der Waals surface area contributed by atoms with Crippen molar-refractivity contribution in [1.82, 2.24) is 5.32 Å². The highest BCUT2D eigenvalue weighted by molar-refractivity contribution is 9.10. The Morgan fingerprint density at radius 2 is 2.31 bits per heavy atom. The molecule has 1 atom stereocenters. The van der Waals surface area contributed by atoms with Crippen molar-refractivity contribution in [2.45, 2.75) is 6.04 Å². The fraction of sp³-hybridized carbons (Fsp3) is 0.333. The first kappa shape index (κ1) is 10.6. The Morgan fingerprint density at radius 1 is 1.62 bits per heavy atom. The van der Waals surface area contributed by atoms with E-state index in [2.05, 4.69) is 21.2 Å². The Hall–Kier alpha value is -0.450. The molecule has 0 heterocycles. The molecule has 1 aromatic rings. The molecular weight excluding hydrogens is 237 g/mol. The third-order valence-electron chi connectivity index (χ3n) is 1.89.